The van der Waals surface area contributed by atoms with Crippen molar-refractivity contribution in [1.82, 2.24) is 0 Å². The fourth-order valence-electron chi connectivity index (χ4n) is 0.740. The second-order valence-corrected chi connectivity index (χ2v) is 3.98. The van der Waals surface area contributed by atoms with Gasteiger partial charge in [0, 0.05) is 13.2 Å². The Morgan fingerprint density at radius 2 is 1.25 bits per heavy atom. The molecule has 0 saturated carbocycles. The predicted octanol–water partition coefficient (Wildman–Crippen LogP) is 2.94. The van der Waals surface area contributed by atoms with Crippen LogP contribution in [-0.4, -0.2) is 51.0 Å². The van der Waals surface area contributed by atoms with Crippen molar-refractivity contribution < 1.29 is 7.59 Å². The minimum atomic E-state index is 0. The molecule has 0 unspecified atom stereocenters. The van der Waals surface area contributed by atoms with Crippen LogP contribution in [0, 0.1) is 11.8 Å². The summed E-state index contributed by atoms with van der Waals surface area (Å²) in [4.78, 5) is 0. The van der Waals surface area contributed by atoms with Crippen molar-refractivity contribution in [2.45, 2.75) is 40.5 Å². The molecule has 0 aromatic heterocycles. The van der Waals surface area contributed by atoms with E-state index in [2.05, 4.69) is 27.7 Å². The third-order valence-corrected chi connectivity index (χ3v) is 1.68. The summed E-state index contributed by atoms with van der Waals surface area (Å²) < 4.78 is 5.46. The van der Waals surface area contributed by atoms with Crippen molar-refractivity contribution in [3.8, 4) is 0 Å². The Morgan fingerprint density at radius 1 is 0.917 bits per heavy atom. The molecule has 0 aromatic rings. The molecule has 0 amide bonds. The first kappa shape index (κ1) is 15.7. The number of ether oxygens (including phenoxy) is 1. The quantitative estimate of drug-likeness (QED) is 0.473. The molecule has 12 heavy (non-hydrogen) atoms. The molecule has 0 aromatic carbocycles. The first-order valence-corrected chi connectivity index (χ1v) is 4.70. The van der Waals surface area contributed by atoms with Crippen LogP contribution >= 0.6 is 0 Å². The van der Waals surface area contributed by atoms with Crippen molar-refractivity contribution in [2.75, 3.05) is 13.2 Å². The Labute approximate surface area is 110 Å². The van der Waals surface area contributed by atoms with Crippen molar-refractivity contribution >= 4 is 37.7 Å². The summed E-state index contributed by atoms with van der Waals surface area (Å²) in [7, 11) is 0. The third kappa shape index (κ3) is 13.8. The van der Waals surface area contributed by atoms with Gasteiger partial charge in [0.25, 0.3) is 0 Å². The smallest absolute Gasteiger partial charge is 1.00 e. The first-order chi connectivity index (χ1) is 5.13. The second-order valence-electron chi connectivity index (χ2n) is 3.98. The molecule has 0 fully saturated rings. The van der Waals surface area contributed by atoms with E-state index in [9.17, 15) is 0 Å². The maximum absolute atomic E-state index is 5.46. The van der Waals surface area contributed by atoms with Crippen LogP contribution in [0.5, 0.6) is 0 Å². The fraction of sp³-hybridized carbons (Fsp3) is 1.00. The molecule has 0 atom stereocenters. The van der Waals surface area contributed by atoms with E-state index in [0.717, 1.165) is 25.0 Å². The summed E-state index contributed by atoms with van der Waals surface area (Å²) in [6, 6.07) is 0. The van der Waals surface area contributed by atoms with Gasteiger partial charge in [0.05, 0.1) is 0 Å². The van der Waals surface area contributed by atoms with Crippen LogP contribution in [0.3, 0.4) is 0 Å². The van der Waals surface area contributed by atoms with Crippen LogP contribution in [0.1, 0.15) is 43.4 Å². The van der Waals surface area contributed by atoms with Gasteiger partial charge < -0.3 is 7.59 Å². The van der Waals surface area contributed by atoms with E-state index in [-0.39, 0.29) is 40.6 Å². The second kappa shape index (κ2) is 10.3. The van der Waals surface area contributed by atoms with Gasteiger partial charge in [-0.1, -0.05) is 27.7 Å². The Morgan fingerprint density at radius 3 is 1.50 bits per heavy atom. The number of rotatable bonds is 6. The van der Waals surface area contributed by atoms with Gasteiger partial charge in [0.15, 0.2) is 0 Å². The van der Waals surface area contributed by atoms with Gasteiger partial charge in [-0.15, -0.1) is 0 Å². The third-order valence-electron chi connectivity index (χ3n) is 1.68. The summed E-state index contributed by atoms with van der Waals surface area (Å²) in [5.41, 5.74) is 0. The summed E-state index contributed by atoms with van der Waals surface area (Å²) >= 11 is 0. The summed E-state index contributed by atoms with van der Waals surface area (Å²) in [5, 5.41) is 0. The number of hydrogen-bond donors (Lipinski definition) is 0. The van der Waals surface area contributed by atoms with Crippen LogP contribution in [-0.2, 0) is 4.74 Å². The Kier molecular flexibility index (Phi) is 13.5. The first-order valence-electron chi connectivity index (χ1n) is 4.70. The monoisotopic (exact) mass is 200 g/mol. The van der Waals surface area contributed by atoms with Gasteiger partial charge in [-0.3, -0.25) is 0 Å². The van der Waals surface area contributed by atoms with Gasteiger partial charge in [-0.05, 0) is 24.7 Å². The summed E-state index contributed by atoms with van der Waals surface area (Å²) in [6.45, 7) is 10.8. The molecule has 0 bridgehead atoms. The largest absolute Gasteiger partial charge is 2.00 e. The molecule has 0 aliphatic heterocycles. The average Bonchev–Trinajstić information content (AvgIpc) is 1.85. The van der Waals surface area contributed by atoms with Gasteiger partial charge in [-0.25, -0.2) is 0 Å². The van der Waals surface area contributed by atoms with Crippen LogP contribution < -0.4 is 0 Å². The summed E-state index contributed by atoms with van der Waals surface area (Å²) in [6.07, 6.45) is 2.39. The van der Waals surface area contributed by atoms with Gasteiger partial charge in [0.1, 0.15) is 0 Å². The summed E-state index contributed by atoms with van der Waals surface area (Å²) in [5.74, 6) is 1.54. The van der Waals surface area contributed by atoms with Crippen LogP contribution in [0.4, 0.5) is 0 Å². The number of hydrogen-bond acceptors (Lipinski definition) is 1. The van der Waals surface area contributed by atoms with Crippen molar-refractivity contribution in [2.24, 2.45) is 11.8 Å². The normalized spacial score (nSPS) is 10.5. The van der Waals surface area contributed by atoms with Gasteiger partial charge >= 0.3 is 37.7 Å². The zero-order chi connectivity index (χ0) is 8.69. The van der Waals surface area contributed by atoms with Crippen molar-refractivity contribution in [1.29, 1.82) is 0 Å². The Bertz CT molecular complexity index is 80.2. The molecule has 0 aliphatic carbocycles. The molecular formula is C10H24CaO. The van der Waals surface area contributed by atoms with E-state index in [0.29, 0.717) is 0 Å². The maximum atomic E-state index is 5.46. The molecule has 0 heterocycles. The van der Waals surface area contributed by atoms with Crippen LogP contribution in [0.15, 0.2) is 0 Å². The molecule has 72 valence electrons. The van der Waals surface area contributed by atoms with E-state index in [1.165, 1.54) is 12.8 Å². The van der Waals surface area contributed by atoms with E-state index in [4.69, 9.17) is 4.74 Å². The van der Waals surface area contributed by atoms with Crippen molar-refractivity contribution in [3.05, 3.63) is 0 Å². The van der Waals surface area contributed by atoms with Crippen LogP contribution in [0.2, 0.25) is 0 Å². The maximum Gasteiger partial charge on any atom is 2.00 e. The minimum absolute atomic E-state index is 0. The van der Waals surface area contributed by atoms with E-state index < -0.39 is 0 Å². The molecule has 0 rings (SSSR count). The predicted molar refractivity (Wildman–Crippen MR) is 57.7 cm³/mol. The standard InChI is InChI=1S/C10H22O.Ca.2H/c1-9(2)5-7-11-8-6-10(3)4;;;/h9-10H,5-8H2,1-4H3;;;/q;+2;2*-1. The molecular weight excluding hydrogens is 176 g/mol. The van der Waals surface area contributed by atoms with Crippen LogP contribution in [0.25, 0.3) is 0 Å². The Balaban J connectivity index is -0.000000167. The molecule has 0 saturated heterocycles. The van der Waals surface area contributed by atoms with E-state index in [1.54, 1.807) is 0 Å². The zero-order valence-electron chi connectivity index (χ0n) is 11.1. The van der Waals surface area contributed by atoms with E-state index in [1.807, 2.05) is 0 Å². The zero-order valence-corrected chi connectivity index (χ0v) is 11.3. The van der Waals surface area contributed by atoms with E-state index >= 15 is 0 Å². The molecule has 2 heteroatoms. The SMILES string of the molecule is CC(C)CCOCCC(C)C.[Ca+2].[H-].[H-]. The topological polar surface area (TPSA) is 9.23 Å². The van der Waals surface area contributed by atoms with Gasteiger partial charge in [-0.2, -0.15) is 0 Å². The molecule has 0 aliphatic rings. The molecule has 0 spiro atoms. The van der Waals surface area contributed by atoms with Crippen molar-refractivity contribution in [3.63, 3.8) is 0 Å². The van der Waals surface area contributed by atoms with Gasteiger partial charge in [0.2, 0.25) is 0 Å². The molecule has 0 N–H and O–H groups in total. The average molecular weight is 200 g/mol. The fourth-order valence-corrected chi connectivity index (χ4v) is 0.740. The molecule has 0 radical (unpaired) electrons. The Hall–Kier alpha value is 1.22. The minimum Gasteiger partial charge on any atom is -1.00 e. The molecule has 1 nitrogen and oxygen atoms in total.